The molecule has 6 nitrogen and oxygen atoms in total. The highest BCUT2D eigenvalue weighted by atomic mass is 16.5. The average Bonchev–Trinajstić information content (AvgIpc) is 2.89. The van der Waals surface area contributed by atoms with Crippen molar-refractivity contribution in [1.29, 1.82) is 0 Å². The summed E-state index contributed by atoms with van der Waals surface area (Å²) < 4.78 is 11.3. The summed E-state index contributed by atoms with van der Waals surface area (Å²) in [5, 5.41) is 5.71. The molecule has 35 heavy (non-hydrogen) atoms. The first-order chi connectivity index (χ1) is 17.1. The van der Waals surface area contributed by atoms with Crippen molar-refractivity contribution in [1.82, 2.24) is 0 Å². The third kappa shape index (κ3) is 6.95. The van der Waals surface area contributed by atoms with E-state index in [-0.39, 0.29) is 11.8 Å². The molecule has 0 unspecified atom stereocenters. The van der Waals surface area contributed by atoms with Crippen LogP contribution in [0.25, 0.3) is 0 Å². The Bertz CT molecular complexity index is 1270. The van der Waals surface area contributed by atoms with Crippen molar-refractivity contribution in [2.45, 2.75) is 6.92 Å². The Morgan fingerprint density at radius 3 is 1.71 bits per heavy atom. The molecule has 0 aliphatic carbocycles. The molecule has 0 radical (unpaired) electrons. The second-order valence-corrected chi connectivity index (χ2v) is 7.89. The van der Waals surface area contributed by atoms with Crippen LogP contribution in [0.2, 0.25) is 0 Å². The van der Waals surface area contributed by atoms with Crippen molar-refractivity contribution in [3.63, 3.8) is 0 Å². The Morgan fingerprint density at radius 1 is 0.600 bits per heavy atom. The van der Waals surface area contributed by atoms with Crippen LogP contribution >= 0.6 is 0 Å². The Labute approximate surface area is 204 Å². The molecule has 0 spiro atoms. The van der Waals surface area contributed by atoms with E-state index in [1.807, 2.05) is 55.5 Å². The van der Waals surface area contributed by atoms with Gasteiger partial charge in [0.25, 0.3) is 11.8 Å². The summed E-state index contributed by atoms with van der Waals surface area (Å²) >= 11 is 0. The number of hydrogen-bond acceptors (Lipinski definition) is 4. The van der Waals surface area contributed by atoms with E-state index in [1.165, 1.54) is 0 Å². The number of nitrogens with one attached hydrogen (secondary N) is 2. The van der Waals surface area contributed by atoms with E-state index in [2.05, 4.69) is 10.6 Å². The highest BCUT2D eigenvalue weighted by Crippen LogP contribution is 2.18. The van der Waals surface area contributed by atoms with E-state index in [1.54, 1.807) is 54.6 Å². The smallest absolute Gasteiger partial charge is 0.255 e. The first kappa shape index (κ1) is 23.6. The Morgan fingerprint density at radius 2 is 1.14 bits per heavy atom. The minimum Gasteiger partial charge on any atom is -0.490 e. The number of anilines is 2. The van der Waals surface area contributed by atoms with Gasteiger partial charge in [0, 0.05) is 22.5 Å². The lowest BCUT2D eigenvalue weighted by Crippen LogP contribution is -2.13. The number of amides is 2. The molecular formula is C29H26N2O4. The molecule has 6 heteroatoms. The van der Waals surface area contributed by atoms with E-state index in [0.717, 1.165) is 11.3 Å². The van der Waals surface area contributed by atoms with Crippen LogP contribution in [0.15, 0.2) is 103 Å². The molecule has 0 bridgehead atoms. The topological polar surface area (TPSA) is 76.7 Å². The predicted octanol–water partition coefficient (Wildman–Crippen LogP) is 5.96. The van der Waals surface area contributed by atoms with Crippen molar-refractivity contribution in [2.75, 3.05) is 23.8 Å². The maximum Gasteiger partial charge on any atom is 0.255 e. The fourth-order valence-electron chi connectivity index (χ4n) is 3.37. The van der Waals surface area contributed by atoms with Crippen LogP contribution in [-0.2, 0) is 0 Å². The molecule has 0 aliphatic rings. The highest BCUT2D eigenvalue weighted by Gasteiger charge is 2.09. The van der Waals surface area contributed by atoms with Crippen LogP contribution in [0.3, 0.4) is 0 Å². The number of para-hydroxylation sites is 1. The van der Waals surface area contributed by atoms with E-state index in [9.17, 15) is 9.59 Å². The molecule has 0 saturated carbocycles. The van der Waals surface area contributed by atoms with E-state index < -0.39 is 0 Å². The lowest BCUT2D eigenvalue weighted by atomic mass is 10.1. The maximum absolute atomic E-state index is 12.6. The van der Waals surface area contributed by atoms with Gasteiger partial charge in [-0.1, -0.05) is 35.9 Å². The number of rotatable bonds is 9. The summed E-state index contributed by atoms with van der Waals surface area (Å²) in [5.41, 5.74) is 3.40. The van der Waals surface area contributed by atoms with Crippen molar-refractivity contribution in [3.05, 3.63) is 120 Å². The van der Waals surface area contributed by atoms with Crippen molar-refractivity contribution in [3.8, 4) is 11.5 Å². The normalized spacial score (nSPS) is 10.3. The van der Waals surface area contributed by atoms with E-state index in [4.69, 9.17) is 9.47 Å². The van der Waals surface area contributed by atoms with Crippen LogP contribution in [0, 0.1) is 6.92 Å². The van der Waals surface area contributed by atoms with Gasteiger partial charge in [0.1, 0.15) is 24.7 Å². The van der Waals surface area contributed by atoms with Crippen LogP contribution in [-0.4, -0.2) is 25.0 Å². The number of hydrogen-bond donors (Lipinski definition) is 2. The highest BCUT2D eigenvalue weighted by molar-refractivity contribution is 6.05. The fourth-order valence-corrected chi connectivity index (χ4v) is 3.37. The van der Waals surface area contributed by atoms with Gasteiger partial charge >= 0.3 is 0 Å². The zero-order valence-electron chi connectivity index (χ0n) is 19.4. The summed E-state index contributed by atoms with van der Waals surface area (Å²) in [7, 11) is 0. The standard InChI is InChI=1S/C29H26N2O4/c1-21-6-5-7-23(20-21)29(33)31-25-14-12-24(13-15-25)30-28(32)22-10-16-27(17-11-22)35-19-18-34-26-8-3-2-4-9-26/h2-17,20H,18-19H2,1H3,(H,30,32)(H,31,33). The number of aryl methyl sites for hydroxylation is 1. The van der Waals surface area contributed by atoms with Gasteiger partial charge in [0.2, 0.25) is 0 Å². The lowest BCUT2D eigenvalue weighted by molar-refractivity contribution is 0.101. The number of carbonyl (C=O) groups excluding carboxylic acids is 2. The van der Waals surface area contributed by atoms with Gasteiger partial charge in [-0.3, -0.25) is 9.59 Å². The quantitative estimate of drug-likeness (QED) is 0.299. The average molecular weight is 467 g/mol. The zero-order valence-corrected chi connectivity index (χ0v) is 19.4. The minimum atomic E-state index is -0.236. The molecule has 4 aromatic carbocycles. The second-order valence-electron chi connectivity index (χ2n) is 7.89. The van der Waals surface area contributed by atoms with Gasteiger partial charge in [-0.05, 0) is 79.7 Å². The maximum atomic E-state index is 12.6. The first-order valence-corrected chi connectivity index (χ1v) is 11.3. The molecule has 0 heterocycles. The van der Waals surface area contributed by atoms with Gasteiger partial charge < -0.3 is 20.1 Å². The van der Waals surface area contributed by atoms with E-state index in [0.29, 0.717) is 41.5 Å². The summed E-state index contributed by atoms with van der Waals surface area (Å²) in [6.45, 7) is 2.76. The molecule has 0 atom stereocenters. The van der Waals surface area contributed by atoms with Crippen LogP contribution in [0.5, 0.6) is 11.5 Å². The van der Waals surface area contributed by atoms with Gasteiger partial charge in [-0.2, -0.15) is 0 Å². The first-order valence-electron chi connectivity index (χ1n) is 11.3. The Hall–Kier alpha value is -4.58. The Kier molecular flexibility index (Phi) is 7.76. The number of carbonyl (C=O) groups is 2. The molecule has 0 saturated heterocycles. The van der Waals surface area contributed by atoms with Gasteiger partial charge in [0.05, 0.1) is 0 Å². The fraction of sp³-hybridized carbons (Fsp3) is 0.103. The molecule has 2 amide bonds. The number of benzene rings is 4. The largest absolute Gasteiger partial charge is 0.490 e. The predicted molar refractivity (Wildman–Crippen MR) is 137 cm³/mol. The van der Waals surface area contributed by atoms with Gasteiger partial charge in [0.15, 0.2) is 0 Å². The molecule has 176 valence electrons. The minimum absolute atomic E-state index is 0.181. The van der Waals surface area contributed by atoms with Crippen molar-refractivity contribution in [2.24, 2.45) is 0 Å². The molecule has 4 rings (SSSR count). The molecular weight excluding hydrogens is 440 g/mol. The summed E-state index contributed by atoms with van der Waals surface area (Å²) in [6, 6.07) is 30.8. The molecule has 2 N–H and O–H groups in total. The third-order valence-electron chi connectivity index (χ3n) is 5.16. The molecule has 0 aromatic heterocycles. The molecule has 4 aromatic rings. The van der Waals surface area contributed by atoms with Crippen molar-refractivity contribution < 1.29 is 19.1 Å². The lowest BCUT2D eigenvalue weighted by Gasteiger charge is -2.10. The summed E-state index contributed by atoms with van der Waals surface area (Å²) in [5.74, 6) is 1.04. The zero-order chi connectivity index (χ0) is 24.5. The van der Waals surface area contributed by atoms with Gasteiger partial charge in [-0.25, -0.2) is 0 Å². The summed E-state index contributed by atoms with van der Waals surface area (Å²) in [4.78, 5) is 25.0. The molecule has 0 fully saturated rings. The monoisotopic (exact) mass is 466 g/mol. The van der Waals surface area contributed by atoms with Crippen LogP contribution < -0.4 is 20.1 Å². The third-order valence-corrected chi connectivity index (χ3v) is 5.16. The van der Waals surface area contributed by atoms with Crippen LogP contribution in [0.1, 0.15) is 26.3 Å². The second kappa shape index (κ2) is 11.5. The van der Waals surface area contributed by atoms with Crippen LogP contribution in [0.4, 0.5) is 11.4 Å². The molecule has 0 aliphatic heterocycles. The Balaban J connectivity index is 1.24. The van der Waals surface area contributed by atoms with Gasteiger partial charge in [-0.15, -0.1) is 0 Å². The number of ether oxygens (including phenoxy) is 2. The summed E-state index contributed by atoms with van der Waals surface area (Å²) in [6.07, 6.45) is 0. The SMILES string of the molecule is Cc1cccc(C(=O)Nc2ccc(NC(=O)c3ccc(OCCOc4ccccc4)cc3)cc2)c1. The van der Waals surface area contributed by atoms with Crippen molar-refractivity contribution >= 4 is 23.2 Å². The van der Waals surface area contributed by atoms with E-state index >= 15 is 0 Å².